The molecule has 6 heteroatoms. The van der Waals surface area contributed by atoms with E-state index in [1.807, 2.05) is 6.92 Å². The molecule has 0 amide bonds. The Hall–Kier alpha value is -1.95. The average molecular weight is 280 g/mol. The molecule has 108 valence electrons. The number of halogens is 1. The summed E-state index contributed by atoms with van der Waals surface area (Å²) in [6.07, 6.45) is 0.912. The van der Waals surface area contributed by atoms with Crippen molar-refractivity contribution in [1.82, 2.24) is 10.1 Å². The van der Waals surface area contributed by atoms with Crippen LogP contribution in [0.4, 0.5) is 4.39 Å². The number of hydrogen-bond acceptors (Lipinski definition) is 5. The lowest BCUT2D eigenvalue weighted by molar-refractivity contribution is 0.198. The minimum absolute atomic E-state index is 0.0398. The minimum atomic E-state index is -0.715. The highest BCUT2D eigenvalue weighted by atomic mass is 19.1. The molecule has 20 heavy (non-hydrogen) atoms. The topological polar surface area (TPSA) is 68.4 Å². The summed E-state index contributed by atoms with van der Waals surface area (Å²) in [5.74, 6) is 0.500. The maximum absolute atomic E-state index is 13.7. The van der Waals surface area contributed by atoms with E-state index < -0.39 is 11.9 Å². The van der Waals surface area contributed by atoms with Crippen LogP contribution in [-0.4, -0.2) is 15.2 Å². The highest BCUT2D eigenvalue weighted by molar-refractivity contribution is 5.30. The van der Waals surface area contributed by atoms with Crippen molar-refractivity contribution in [2.24, 2.45) is 0 Å². The zero-order valence-electron chi connectivity index (χ0n) is 11.5. The van der Waals surface area contributed by atoms with E-state index in [1.165, 1.54) is 12.1 Å². The molecular formula is C14H17FN2O3. The van der Waals surface area contributed by atoms with Crippen LogP contribution in [0.5, 0.6) is 5.75 Å². The van der Waals surface area contributed by atoms with Crippen LogP contribution in [0, 0.1) is 5.82 Å². The molecule has 2 rings (SSSR count). The van der Waals surface area contributed by atoms with Crippen molar-refractivity contribution < 1.29 is 18.8 Å². The predicted octanol–water partition coefficient (Wildman–Crippen LogP) is 2.79. The van der Waals surface area contributed by atoms with Crippen LogP contribution < -0.4 is 4.74 Å². The van der Waals surface area contributed by atoms with E-state index in [-0.39, 0.29) is 12.4 Å². The molecule has 1 atom stereocenters. The third-order valence-electron chi connectivity index (χ3n) is 2.77. The minimum Gasteiger partial charge on any atom is -0.482 e. The van der Waals surface area contributed by atoms with Gasteiger partial charge in [0.15, 0.2) is 18.2 Å². The lowest BCUT2D eigenvalue weighted by Crippen LogP contribution is -2.01. The summed E-state index contributed by atoms with van der Waals surface area (Å²) in [5, 5.41) is 13.1. The normalized spacial score (nSPS) is 12.4. The third kappa shape index (κ3) is 3.54. The van der Waals surface area contributed by atoms with E-state index in [4.69, 9.17) is 9.26 Å². The van der Waals surface area contributed by atoms with Crippen molar-refractivity contribution in [1.29, 1.82) is 0 Å². The number of benzene rings is 1. The van der Waals surface area contributed by atoms with Gasteiger partial charge in [0, 0.05) is 6.42 Å². The van der Waals surface area contributed by atoms with Crippen LogP contribution in [0.2, 0.25) is 0 Å². The summed E-state index contributed by atoms with van der Waals surface area (Å²) in [7, 11) is 0. The van der Waals surface area contributed by atoms with Gasteiger partial charge >= 0.3 is 0 Å². The fourth-order valence-corrected chi connectivity index (χ4v) is 1.70. The maximum Gasteiger partial charge on any atom is 0.226 e. The van der Waals surface area contributed by atoms with E-state index in [0.29, 0.717) is 23.7 Å². The number of aromatic nitrogens is 2. The quantitative estimate of drug-likeness (QED) is 0.881. The largest absolute Gasteiger partial charge is 0.482 e. The number of hydrogen-bond donors (Lipinski definition) is 1. The Balaban J connectivity index is 1.99. The molecule has 0 spiro atoms. The number of aliphatic hydroxyl groups is 1. The molecule has 2 aromatic rings. The SMILES string of the molecule is CCCc1nc(COc2ccc([C@@H](C)O)cc2F)no1. The third-order valence-corrected chi connectivity index (χ3v) is 2.77. The van der Waals surface area contributed by atoms with Crippen molar-refractivity contribution in [3.63, 3.8) is 0 Å². The van der Waals surface area contributed by atoms with E-state index in [9.17, 15) is 9.50 Å². The average Bonchev–Trinajstić information content (AvgIpc) is 2.85. The zero-order valence-corrected chi connectivity index (χ0v) is 11.5. The lowest BCUT2D eigenvalue weighted by Gasteiger charge is -2.08. The Morgan fingerprint density at radius 2 is 2.25 bits per heavy atom. The van der Waals surface area contributed by atoms with Crippen LogP contribution >= 0.6 is 0 Å². The molecule has 0 bridgehead atoms. The second-order valence-corrected chi connectivity index (χ2v) is 4.51. The summed E-state index contributed by atoms with van der Waals surface area (Å²) in [5.41, 5.74) is 0.500. The summed E-state index contributed by atoms with van der Waals surface area (Å²) in [6.45, 7) is 3.63. The number of nitrogens with zero attached hydrogens (tertiary/aromatic N) is 2. The molecule has 0 aliphatic rings. The van der Waals surface area contributed by atoms with Crippen molar-refractivity contribution in [2.75, 3.05) is 0 Å². The van der Waals surface area contributed by atoms with E-state index in [0.717, 1.165) is 6.42 Å². The van der Waals surface area contributed by atoms with Gasteiger partial charge in [0.1, 0.15) is 0 Å². The fraction of sp³-hybridized carbons (Fsp3) is 0.429. The van der Waals surface area contributed by atoms with E-state index in [2.05, 4.69) is 10.1 Å². The van der Waals surface area contributed by atoms with Crippen molar-refractivity contribution >= 4 is 0 Å². The molecule has 0 saturated heterocycles. The Morgan fingerprint density at radius 3 is 2.90 bits per heavy atom. The van der Waals surface area contributed by atoms with Gasteiger partial charge < -0.3 is 14.4 Å². The zero-order chi connectivity index (χ0) is 14.5. The summed E-state index contributed by atoms with van der Waals surface area (Å²) >= 11 is 0. The van der Waals surface area contributed by atoms with Gasteiger partial charge in [-0.25, -0.2) is 4.39 Å². The van der Waals surface area contributed by atoms with Gasteiger partial charge in [0.25, 0.3) is 0 Å². The van der Waals surface area contributed by atoms with Gasteiger partial charge in [-0.05, 0) is 31.0 Å². The van der Waals surface area contributed by atoms with Gasteiger partial charge in [-0.1, -0.05) is 18.1 Å². The summed E-state index contributed by atoms with van der Waals surface area (Å²) < 4.78 is 24.1. The van der Waals surface area contributed by atoms with Crippen molar-refractivity contribution in [3.8, 4) is 5.75 Å². The molecule has 1 aromatic heterocycles. The molecule has 1 heterocycles. The first-order valence-corrected chi connectivity index (χ1v) is 6.52. The van der Waals surface area contributed by atoms with Gasteiger partial charge in [-0.3, -0.25) is 0 Å². The predicted molar refractivity (Wildman–Crippen MR) is 69.7 cm³/mol. The monoisotopic (exact) mass is 280 g/mol. The highest BCUT2D eigenvalue weighted by Crippen LogP contribution is 2.22. The molecule has 0 unspecified atom stereocenters. The summed E-state index contributed by atoms with van der Waals surface area (Å²) in [4.78, 5) is 4.13. The first-order chi connectivity index (χ1) is 9.60. The molecule has 5 nitrogen and oxygen atoms in total. The Bertz CT molecular complexity index is 569. The first-order valence-electron chi connectivity index (χ1n) is 6.52. The molecule has 1 aromatic carbocycles. The van der Waals surface area contributed by atoms with E-state index in [1.54, 1.807) is 13.0 Å². The second kappa shape index (κ2) is 6.47. The van der Waals surface area contributed by atoms with Crippen LogP contribution in [-0.2, 0) is 13.0 Å². The molecule has 1 N–H and O–H groups in total. The number of aryl methyl sites for hydroxylation is 1. The molecular weight excluding hydrogens is 263 g/mol. The maximum atomic E-state index is 13.7. The van der Waals surface area contributed by atoms with Crippen LogP contribution in [0.15, 0.2) is 22.7 Å². The second-order valence-electron chi connectivity index (χ2n) is 4.51. The molecule has 0 fully saturated rings. The van der Waals surface area contributed by atoms with Crippen LogP contribution in [0.25, 0.3) is 0 Å². The number of aliphatic hydroxyl groups excluding tert-OH is 1. The van der Waals surface area contributed by atoms with Gasteiger partial charge in [0.2, 0.25) is 11.7 Å². The molecule has 0 aliphatic heterocycles. The Kier molecular flexibility index (Phi) is 4.68. The van der Waals surface area contributed by atoms with E-state index >= 15 is 0 Å². The van der Waals surface area contributed by atoms with Crippen LogP contribution in [0.1, 0.15) is 43.7 Å². The van der Waals surface area contributed by atoms with Crippen LogP contribution in [0.3, 0.4) is 0 Å². The van der Waals surface area contributed by atoms with Crippen molar-refractivity contribution in [3.05, 3.63) is 41.3 Å². The highest BCUT2D eigenvalue weighted by Gasteiger charge is 2.10. The molecule has 0 aliphatic carbocycles. The Morgan fingerprint density at radius 1 is 1.45 bits per heavy atom. The molecule has 0 radical (unpaired) electrons. The standard InChI is InChI=1S/C14H17FN2O3/c1-3-4-14-16-13(17-20-14)8-19-12-6-5-10(9(2)18)7-11(12)15/h5-7,9,18H,3-4,8H2,1-2H3/t9-/m1/s1. The van der Waals surface area contributed by atoms with Gasteiger partial charge in [-0.15, -0.1) is 0 Å². The Labute approximate surface area is 116 Å². The number of ether oxygens (including phenoxy) is 1. The summed E-state index contributed by atoms with van der Waals surface area (Å²) in [6, 6.07) is 4.34. The smallest absolute Gasteiger partial charge is 0.226 e. The first kappa shape index (κ1) is 14.5. The lowest BCUT2D eigenvalue weighted by atomic mass is 10.1. The van der Waals surface area contributed by atoms with Crippen molar-refractivity contribution in [2.45, 2.75) is 39.4 Å². The van der Waals surface area contributed by atoms with Gasteiger partial charge in [0.05, 0.1) is 6.10 Å². The van der Waals surface area contributed by atoms with Gasteiger partial charge in [-0.2, -0.15) is 4.98 Å². The number of rotatable bonds is 6. The molecule has 0 saturated carbocycles. The fourth-order valence-electron chi connectivity index (χ4n) is 1.70.